The van der Waals surface area contributed by atoms with E-state index in [-0.39, 0.29) is 0 Å². The van der Waals surface area contributed by atoms with Crippen molar-refractivity contribution in [1.82, 2.24) is 20.2 Å². The zero-order chi connectivity index (χ0) is 19.2. The standard InChI is InChI=1S/C22H26N6/c1-23-22(26-19-11-13-27(16-19)20-8-3-2-4-9-20)25-15-18-7-5-6-10-21(18)28-14-12-24-17-28/h2-10,12,14,17,19H,11,13,15-16H2,1H3,(H2,23,25,26). The van der Waals surface area contributed by atoms with Crippen LogP contribution < -0.4 is 15.5 Å². The quantitative estimate of drug-likeness (QED) is 0.533. The molecule has 1 unspecified atom stereocenters. The van der Waals surface area contributed by atoms with Crippen molar-refractivity contribution in [2.75, 3.05) is 25.0 Å². The van der Waals surface area contributed by atoms with Gasteiger partial charge < -0.3 is 20.1 Å². The smallest absolute Gasteiger partial charge is 0.191 e. The fourth-order valence-corrected chi connectivity index (χ4v) is 3.63. The van der Waals surface area contributed by atoms with E-state index < -0.39 is 0 Å². The summed E-state index contributed by atoms with van der Waals surface area (Å²) in [5.41, 5.74) is 3.60. The minimum atomic E-state index is 0.385. The summed E-state index contributed by atoms with van der Waals surface area (Å²) in [5.74, 6) is 0.834. The van der Waals surface area contributed by atoms with E-state index in [9.17, 15) is 0 Å². The molecular weight excluding hydrogens is 348 g/mol. The molecule has 6 nitrogen and oxygen atoms in total. The zero-order valence-electron chi connectivity index (χ0n) is 16.1. The summed E-state index contributed by atoms with van der Waals surface area (Å²) in [5, 5.41) is 7.02. The first-order valence-electron chi connectivity index (χ1n) is 9.67. The second-order valence-corrected chi connectivity index (χ2v) is 6.94. The van der Waals surface area contributed by atoms with Crippen molar-refractivity contribution in [2.45, 2.75) is 19.0 Å². The number of nitrogens with one attached hydrogen (secondary N) is 2. The van der Waals surface area contributed by atoms with Gasteiger partial charge in [-0.3, -0.25) is 4.99 Å². The summed E-state index contributed by atoms with van der Waals surface area (Å²) < 4.78 is 2.03. The lowest BCUT2D eigenvalue weighted by Gasteiger charge is -2.20. The minimum absolute atomic E-state index is 0.385. The Balaban J connectivity index is 1.35. The van der Waals surface area contributed by atoms with Gasteiger partial charge in [0.05, 0.1) is 12.0 Å². The predicted octanol–water partition coefficient (Wildman–Crippen LogP) is 2.82. The van der Waals surface area contributed by atoms with Crippen LogP contribution in [-0.2, 0) is 6.54 Å². The van der Waals surface area contributed by atoms with Crippen LogP contribution in [0.5, 0.6) is 0 Å². The Morgan fingerprint density at radius 3 is 2.75 bits per heavy atom. The van der Waals surface area contributed by atoms with Gasteiger partial charge in [0.25, 0.3) is 0 Å². The number of aromatic nitrogens is 2. The molecule has 0 aliphatic carbocycles. The van der Waals surface area contributed by atoms with E-state index in [1.165, 1.54) is 11.3 Å². The van der Waals surface area contributed by atoms with Crippen molar-refractivity contribution < 1.29 is 0 Å². The Kier molecular flexibility index (Phi) is 5.56. The number of aliphatic imine (C=N–C) groups is 1. The molecule has 4 rings (SSSR count). The van der Waals surface area contributed by atoms with Crippen LogP contribution in [0.15, 0.2) is 78.3 Å². The van der Waals surface area contributed by atoms with Gasteiger partial charge in [0.2, 0.25) is 0 Å². The Bertz CT molecular complexity index is 904. The normalized spacial score (nSPS) is 17.0. The van der Waals surface area contributed by atoms with Crippen LogP contribution in [0.3, 0.4) is 0 Å². The van der Waals surface area contributed by atoms with Gasteiger partial charge in [-0.25, -0.2) is 4.98 Å². The number of hydrogen-bond donors (Lipinski definition) is 2. The molecule has 1 atom stereocenters. The maximum Gasteiger partial charge on any atom is 0.191 e. The number of imidazole rings is 1. The third-order valence-corrected chi connectivity index (χ3v) is 5.09. The summed E-state index contributed by atoms with van der Waals surface area (Å²) in [4.78, 5) is 11.0. The largest absolute Gasteiger partial charge is 0.369 e. The fourth-order valence-electron chi connectivity index (χ4n) is 3.63. The fraction of sp³-hybridized carbons (Fsp3) is 0.273. The predicted molar refractivity (Wildman–Crippen MR) is 114 cm³/mol. The summed E-state index contributed by atoms with van der Waals surface area (Å²) in [6.07, 6.45) is 6.68. The lowest BCUT2D eigenvalue weighted by Crippen LogP contribution is -2.44. The van der Waals surface area contributed by atoms with Crippen molar-refractivity contribution in [3.05, 3.63) is 78.9 Å². The maximum atomic E-state index is 4.41. The molecule has 1 fully saturated rings. The first kappa shape index (κ1) is 18.1. The molecule has 1 saturated heterocycles. The first-order valence-corrected chi connectivity index (χ1v) is 9.67. The van der Waals surface area contributed by atoms with E-state index >= 15 is 0 Å². The van der Waals surface area contributed by atoms with Crippen LogP contribution in [0, 0.1) is 0 Å². The van der Waals surface area contributed by atoms with Crippen LogP contribution in [0.1, 0.15) is 12.0 Å². The number of rotatable bonds is 5. The second-order valence-electron chi connectivity index (χ2n) is 6.94. The summed E-state index contributed by atoms with van der Waals surface area (Å²) >= 11 is 0. The van der Waals surface area contributed by atoms with Crippen LogP contribution >= 0.6 is 0 Å². The van der Waals surface area contributed by atoms with E-state index in [4.69, 9.17) is 0 Å². The molecule has 2 N–H and O–H groups in total. The second kappa shape index (κ2) is 8.61. The monoisotopic (exact) mass is 374 g/mol. The van der Waals surface area contributed by atoms with Gasteiger partial charge in [-0.2, -0.15) is 0 Å². The number of para-hydroxylation sites is 2. The molecule has 2 aromatic carbocycles. The molecule has 0 saturated carbocycles. The molecule has 28 heavy (non-hydrogen) atoms. The number of benzene rings is 2. The number of anilines is 1. The highest BCUT2D eigenvalue weighted by Gasteiger charge is 2.23. The van der Waals surface area contributed by atoms with Gasteiger partial charge in [-0.05, 0) is 30.2 Å². The molecule has 1 aliphatic heterocycles. The molecule has 0 radical (unpaired) electrons. The van der Waals surface area contributed by atoms with Crippen LogP contribution in [0.4, 0.5) is 5.69 Å². The Morgan fingerprint density at radius 2 is 1.96 bits per heavy atom. The van der Waals surface area contributed by atoms with Crippen molar-refractivity contribution in [3.8, 4) is 5.69 Å². The van der Waals surface area contributed by atoms with Gasteiger partial charge in [0.15, 0.2) is 5.96 Å². The third kappa shape index (κ3) is 4.17. The third-order valence-electron chi connectivity index (χ3n) is 5.09. The highest BCUT2D eigenvalue weighted by atomic mass is 15.2. The lowest BCUT2D eigenvalue weighted by atomic mass is 10.1. The number of hydrogen-bond acceptors (Lipinski definition) is 3. The minimum Gasteiger partial charge on any atom is -0.369 e. The number of nitrogens with zero attached hydrogens (tertiary/aromatic N) is 4. The van der Waals surface area contributed by atoms with Crippen molar-refractivity contribution in [3.63, 3.8) is 0 Å². The molecule has 1 aliphatic rings. The van der Waals surface area contributed by atoms with Crippen molar-refractivity contribution in [1.29, 1.82) is 0 Å². The van der Waals surface area contributed by atoms with Gasteiger partial charge in [0, 0.05) is 50.8 Å². The molecule has 2 heterocycles. The Labute approximate surface area is 165 Å². The SMILES string of the molecule is CN=C(NCc1ccccc1-n1ccnc1)NC1CCN(c2ccccc2)C1. The lowest BCUT2D eigenvalue weighted by molar-refractivity contribution is 0.648. The molecular formula is C22H26N6. The van der Waals surface area contributed by atoms with Gasteiger partial charge in [0.1, 0.15) is 0 Å². The van der Waals surface area contributed by atoms with Crippen LogP contribution in [-0.4, -0.2) is 41.7 Å². The van der Waals surface area contributed by atoms with E-state index in [2.05, 4.69) is 74.0 Å². The van der Waals surface area contributed by atoms with Crippen LogP contribution in [0.25, 0.3) is 5.69 Å². The van der Waals surface area contributed by atoms with Crippen molar-refractivity contribution in [2.24, 2.45) is 4.99 Å². The van der Waals surface area contributed by atoms with E-state index in [0.717, 1.165) is 31.2 Å². The summed E-state index contributed by atoms with van der Waals surface area (Å²) in [6.45, 7) is 2.74. The van der Waals surface area contributed by atoms with E-state index in [0.29, 0.717) is 12.6 Å². The van der Waals surface area contributed by atoms with Gasteiger partial charge in [-0.1, -0.05) is 36.4 Å². The summed E-state index contributed by atoms with van der Waals surface area (Å²) in [6, 6.07) is 19.3. The average molecular weight is 374 g/mol. The molecule has 6 heteroatoms. The van der Waals surface area contributed by atoms with Gasteiger partial charge >= 0.3 is 0 Å². The van der Waals surface area contributed by atoms with Crippen LogP contribution in [0.2, 0.25) is 0 Å². The van der Waals surface area contributed by atoms with Crippen molar-refractivity contribution >= 4 is 11.6 Å². The molecule has 3 aromatic rings. The Hall–Kier alpha value is -3.28. The van der Waals surface area contributed by atoms with Gasteiger partial charge in [-0.15, -0.1) is 0 Å². The molecule has 1 aromatic heterocycles. The molecule has 0 amide bonds. The zero-order valence-corrected chi connectivity index (χ0v) is 16.1. The highest BCUT2D eigenvalue weighted by Crippen LogP contribution is 2.19. The van der Waals surface area contributed by atoms with E-state index in [1.807, 2.05) is 30.2 Å². The highest BCUT2D eigenvalue weighted by molar-refractivity contribution is 5.80. The molecule has 144 valence electrons. The number of guanidine groups is 1. The average Bonchev–Trinajstić information content (AvgIpc) is 3.44. The Morgan fingerprint density at radius 1 is 1.14 bits per heavy atom. The maximum absolute atomic E-state index is 4.41. The molecule has 0 bridgehead atoms. The summed E-state index contributed by atoms with van der Waals surface area (Å²) in [7, 11) is 1.82. The first-order chi connectivity index (χ1) is 13.8. The van der Waals surface area contributed by atoms with E-state index in [1.54, 1.807) is 6.20 Å². The topological polar surface area (TPSA) is 57.5 Å². The molecule has 0 spiro atoms.